The van der Waals surface area contributed by atoms with Gasteiger partial charge in [0.1, 0.15) is 17.2 Å². The van der Waals surface area contributed by atoms with Crippen molar-refractivity contribution in [2.24, 2.45) is 0 Å². The van der Waals surface area contributed by atoms with Crippen molar-refractivity contribution in [3.05, 3.63) is 59.4 Å². The first-order chi connectivity index (χ1) is 18.2. The van der Waals surface area contributed by atoms with Gasteiger partial charge in [0.05, 0.1) is 7.11 Å². The lowest BCUT2D eigenvalue weighted by Crippen LogP contribution is -2.57. The van der Waals surface area contributed by atoms with Crippen LogP contribution in [-0.2, 0) is 15.0 Å². The molecule has 0 spiro atoms. The zero-order valence-corrected chi connectivity index (χ0v) is 21.6. The Morgan fingerprint density at radius 1 is 1.05 bits per heavy atom. The van der Waals surface area contributed by atoms with Gasteiger partial charge in [0.15, 0.2) is 11.6 Å². The molecule has 39 heavy (non-hydrogen) atoms. The van der Waals surface area contributed by atoms with Crippen LogP contribution in [0.2, 0.25) is 0 Å². The molecule has 1 unspecified atom stereocenters. The van der Waals surface area contributed by atoms with Crippen molar-refractivity contribution in [1.82, 2.24) is 14.3 Å². The largest absolute Gasteiger partial charge is 0.494 e. The molecule has 0 aromatic heterocycles. The second kappa shape index (κ2) is 10.3. The number of benzene rings is 2. The Hall–Kier alpha value is -3.46. The van der Waals surface area contributed by atoms with E-state index >= 15 is 0 Å². The fourth-order valence-electron chi connectivity index (χ4n) is 4.61. The normalized spacial score (nSPS) is 22.6. The van der Waals surface area contributed by atoms with Crippen LogP contribution < -0.4 is 19.7 Å². The Labute approximate surface area is 221 Å². The highest BCUT2D eigenvalue weighted by atomic mass is 32.2. The van der Waals surface area contributed by atoms with Gasteiger partial charge in [-0.3, -0.25) is 4.79 Å². The number of carbonyl (C=O) groups is 2. The predicted octanol–water partition coefficient (Wildman–Crippen LogP) is 3.28. The van der Waals surface area contributed by atoms with Crippen molar-refractivity contribution in [2.75, 3.05) is 32.1 Å². The molecular formula is C24H25F5N4O5S. The summed E-state index contributed by atoms with van der Waals surface area (Å²) in [7, 11) is -2.03. The summed E-state index contributed by atoms with van der Waals surface area (Å²) in [5, 5.41) is 2.30. The number of nitrogens with zero attached hydrogens (tertiary/aromatic N) is 2. The number of ether oxygens (including phenoxy) is 1. The summed E-state index contributed by atoms with van der Waals surface area (Å²) in [6.07, 6.45) is -1.62. The van der Waals surface area contributed by atoms with Gasteiger partial charge in [0, 0.05) is 56.7 Å². The van der Waals surface area contributed by atoms with E-state index in [0.717, 1.165) is 23.1 Å². The molecule has 15 heteroatoms. The van der Waals surface area contributed by atoms with Crippen LogP contribution in [0.5, 0.6) is 5.75 Å². The molecular weight excluding hydrogens is 551 g/mol. The Morgan fingerprint density at radius 2 is 1.67 bits per heavy atom. The van der Waals surface area contributed by atoms with Crippen molar-refractivity contribution in [3.63, 3.8) is 0 Å². The molecule has 2 fully saturated rings. The highest BCUT2D eigenvalue weighted by molar-refractivity contribution is 7.87. The lowest BCUT2D eigenvalue weighted by Gasteiger charge is -2.31. The van der Waals surface area contributed by atoms with E-state index < -0.39 is 82.9 Å². The second-order valence-electron chi connectivity index (χ2n) is 9.43. The van der Waals surface area contributed by atoms with E-state index in [9.17, 15) is 40.0 Å². The minimum Gasteiger partial charge on any atom is -0.494 e. The minimum absolute atomic E-state index is 0.0246. The third kappa shape index (κ3) is 5.93. The Bertz CT molecular complexity index is 1380. The zero-order chi connectivity index (χ0) is 28.8. The number of rotatable bonds is 7. The van der Waals surface area contributed by atoms with E-state index in [1.165, 1.54) is 26.3 Å². The van der Waals surface area contributed by atoms with Gasteiger partial charge in [-0.25, -0.2) is 31.5 Å². The standard InChI is InChI=1S/C24H25F5N4O5S/c1-32(17-3-4-20(38-2)19(27)12-17)21(34)24(13-18(24)14-9-15(25)11-16(26)10-14)30-22(35)31-39(36,37)33-7-5-23(28,29)6-8-33/h3-4,9-12,18H,5-8,13H2,1-2H3,(H2,30,31,35)/t18?,24-/m0/s1. The minimum atomic E-state index is -4.55. The number of hydrogen-bond acceptors (Lipinski definition) is 5. The third-order valence-electron chi connectivity index (χ3n) is 6.81. The first-order valence-electron chi connectivity index (χ1n) is 11.7. The number of methoxy groups -OCH3 is 1. The summed E-state index contributed by atoms with van der Waals surface area (Å²) in [6, 6.07) is 4.84. The zero-order valence-electron chi connectivity index (χ0n) is 20.8. The molecule has 0 bridgehead atoms. The topological polar surface area (TPSA) is 108 Å². The molecule has 9 nitrogen and oxygen atoms in total. The monoisotopic (exact) mass is 576 g/mol. The van der Waals surface area contributed by atoms with Crippen LogP contribution in [0.15, 0.2) is 36.4 Å². The Morgan fingerprint density at radius 3 is 2.23 bits per heavy atom. The van der Waals surface area contributed by atoms with Crippen LogP contribution in [-0.4, -0.2) is 63.4 Å². The highest BCUT2D eigenvalue weighted by Gasteiger charge is 2.63. The maximum absolute atomic E-state index is 14.3. The van der Waals surface area contributed by atoms with Crippen molar-refractivity contribution in [1.29, 1.82) is 0 Å². The van der Waals surface area contributed by atoms with E-state index in [-0.39, 0.29) is 23.4 Å². The van der Waals surface area contributed by atoms with Crippen molar-refractivity contribution < 1.29 is 44.7 Å². The highest BCUT2D eigenvalue weighted by Crippen LogP contribution is 2.53. The number of nitrogens with one attached hydrogen (secondary N) is 2. The number of halogens is 5. The molecule has 4 rings (SSSR count). The second-order valence-corrected chi connectivity index (χ2v) is 11.1. The lowest BCUT2D eigenvalue weighted by atomic mass is 10.0. The molecule has 2 aromatic carbocycles. The van der Waals surface area contributed by atoms with Gasteiger partial charge in [-0.15, -0.1) is 0 Å². The molecule has 1 heterocycles. The smallest absolute Gasteiger partial charge is 0.330 e. The molecule has 2 atom stereocenters. The van der Waals surface area contributed by atoms with Crippen molar-refractivity contribution >= 4 is 27.8 Å². The first-order valence-corrected chi connectivity index (χ1v) is 13.2. The average Bonchev–Trinajstić information content (AvgIpc) is 3.56. The summed E-state index contributed by atoms with van der Waals surface area (Å²) in [5.41, 5.74) is -1.78. The van der Waals surface area contributed by atoms with Gasteiger partial charge in [0.2, 0.25) is 0 Å². The average molecular weight is 577 g/mol. The molecule has 3 amide bonds. The number of amides is 3. The van der Waals surface area contributed by atoms with Crippen molar-refractivity contribution in [2.45, 2.75) is 36.6 Å². The number of alkyl halides is 2. The maximum atomic E-state index is 14.3. The fourth-order valence-corrected chi connectivity index (χ4v) is 5.69. The maximum Gasteiger partial charge on any atom is 0.330 e. The summed E-state index contributed by atoms with van der Waals surface area (Å²) >= 11 is 0. The van der Waals surface area contributed by atoms with Crippen molar-refractivity contribution in [3.8, 4) is 5.75 Å². The molecule has 1 saturated heterocycles. The van der Waals surface area contributed by atoms with Crippen LogP contribution in [0.1, 0.15) is 30.7 Å². The van der Waals surface area contributed by atoms with Gasteiger partial charge >= 0.3 is 16.2 Å². The van der Waals surface area contributed by atoms with Crippen LogP contribution in [0.25, 0.3) is 0 Å². The molecule has 1 aliphatic heterocycles. The van der Waals surface area contributed by atoms with E-state index in [0.29, 0.717) is 10.4 Å². The van der Waals surface area contributed by atoms with Gasteiger partial charge in [-0.2, -0.15) is 12.7 Å². The number of carbonyl (C=O) groups excluding carboxylic acids is 2. The van der Waals surface area contributed by atoms with E-state index in [4.69, 9.17) is 4.74 Å². The molecule has 212 valence electrons. The van der Waals surface area contributed by atoms with Crippen LogP contribution in [0, 0.1) is 17.5 Å². The number of anilines is 1. The summed E-state index contributed by atoms with van der Waals surface area (Å²) in [4.78, 5) is 27.4. The molecule has 1 saturated carbocycles. The molecule has 2 N–H and O–H groups in total. The van der Waals surface area contributed by atoms with Crippen LogP contribution >= 0.6 is 0 Å². The number of urea groups is 1. The molecule has 0 radical (unpaired) electrons. The Balaban J connectivity index is 1.59. The summed E-state index contributed by atoms with van der Waals surface area (Å²) < 4.78 is 102. The molecule has 2 aliphatic rings. The molecule has 2 aromatic rings. The van der Waals surface area contributed by atoms with Crippen LogP contribution in [0.3, 0.4) is 0 Å². The number of hydrogen-bond donors (Lipinski definition) is 2. The van der Waals surface area contributed by atoms with E-state index in [2.05, 4.69) is 5.32 Å². The third-order valence-corrected chi connectivity index (χ3v) is 8.30. The van der Waals surface area contributed by atoms with Gasteiger partial charge in [-0.1, -0.05) is 0 Å². The van der Waals surface area contributed by atoms with Crippen LogP contribution in [0.4, 0.5) is 32.4 Å². The summed E-state index contributed by atoms with van der Waals surface area (Å²) in [6.45, 7) is -1.06. The molecule has 1 aliphatic carbocycles. The lowest BCUT2D eigenvalue weighted by molar-refractivity contribution is -0.121. The van der Waals surface area contributed by atoms with Gasteiger partial charge in [0.25, 0.3) is 11.8 Å². The van der Waals surface area contributed by atoms with Gasteiger partial charge in [-0.05, 0) is 36.2 Å². The van der Waals surface area contributed by atoms with E-state index in [1.807, 2.05) is 0 Å². The quantitative estimate of drug-likeness (QED) is 0.492. The van der Waals surface area contributed by atoms with E-state index in [1.54, 1.807) is 4.72 Å². The fraction of sp³-hybridized carbons (Fsp3) is 0.417. The number of piperidine rings is 1. The summed E-state index contributed by atoms with van der Waals surface area (Å²) in [5.74, 6) is -7.57. The van der Waals surface area contributed by atoms with Gasteiger partial charge < -0.3 is 15.0 Å². The first kappa shape index (κ1) is 28.5. The Kier molecular flexibility index (Phi) is 7.51. The SMILES string of the molecule is COc1ccc(N(C)C(=O)[C@]2(NC(=O)NS(=O)(=O)N3CCC(F)(F)CC3)CC2c2cc(F)cc(F)c2)cc1F. The predicted molar refractivity (Wildman–Crippen MR) is 129 cm³/mol. The number of likely N-dealkylation sites (N-methyl/N-ethyl adjacent to an activating group) is 1.